The fraction of sp³-hybridized carbons (Fsp3) is 0.278. The molecule has 0 aliphatic heterocycles. The molecule has 2 rings (SSSR count). The van der Waals surface area contributed by atoms with Gasteiger partial charge < -0.3 is 10.6 Å². The highest BCUT2D eigenvalue weighted by molar-refractivity contribution is 14.0. The number of hydrogen-bond donors (Lipinski definition) is 2. The summed E-state index contributed by atoms with van der Waals surface area (Å²) < 4.78 is 38.7. The van der Waals surface area contributed by atoms with Crippen LogP contribution in [0.15, 0.2) is 62.9 Å². The van der Waals surface area contributed by atoms with Crippen molar-refractivity contribution in [3.8, 4) is 0 Å². The van der Waals surface area contributed by atoms with Gasteiger partial charge in [0.2, 0.25) is 0 Å². The molecule has 0 bridgehead atoms. The van der Waals surface area contributed by atoms with Crippen LogP contribution in [-0.2, 0) is 16.4 Å². The van der Waals surface area contributed by atoms with E-state index in [1.165, 1.54) is 12.1 Å². The van der Waals surface area contributed by atoms with Crippen molar-refractivity contribution in [1.82, 2.24) is 10.6 Å². The van der Waals surface area contributed by atoms with Crippen molar-refractivity contribution in [3.63, 3.8) is 0 Å². The lowest BCUT2D eigenvalue weighted by atomic mass is 10.2. The summed E-state index contributed by atoms with van der Waals surface area (Å²) >= 11 is 3.29. The first-order chi connectivity index (χ1) is 12.4. The van der Waals surface area contributed by atoms with Crippen LogP contribution in [0, 0.1) is 5.82 Å². The van der Waals surface area contributed by atoms with Crippen LogP contribution in [0.4, 0.5) is 4.39 Å². The Balaban J connectivity index is 0.00000364. The first-order valence-electron chi connectivity index (χ1n) is 8.15. The maximum Gasteiger partial charge on any atom is 0.191 e. The Morgan fingerprint density at radius 1 is 1.15 bits per heavy atom. The average Bonchev–Trinajstić information content (AvgIpc) is 2.60. The minimum Gasteiger partial charge on any atom is -0.357 e. The van der Waals surface area contributed by atoms with Crippen molar-refractivity contribution in [1.29, 1.82) is 0 Å². The largest absolute Gasteiger partial charge is 0.357 e. The number of rotatable bonds is 7. The predicted molar refractivity (Wildman–Crippen MR) is 121 cm³/mol. The summed E-state index contributed by atoms with van der Waals surface area (Å²) in [6, 6.07) is 12.8. The van der Waals surface area contributed by atoms with Crippen LogP contribution in [0.5, 0.6) is 0 Å². The van der Waals surface area contributed by atoms with Gasteiger partial charge >= 0.3 is 0 Å². The third-order valence-corrected chi connectivity index (χ3v) is 5.75. The second-order valence-corrected chi connectivity index (χ2v) is 8.55. The van der Waals surface area contributed by atoms with Gasteiger partial charge in [0.25, 0.3) is 0 Å². The van der Waals surface area contributed by atoms with E-state index in [0.29, 0.717) is 19.0 Å². The molecule has 27 heavy (non-hydrogen) atoms. The Morgan fingerprint density at radius 3 is 2.48 bits per heavy atom. The van der Waals surface area contributed by atoms with E-state index in [4.69, 9.17) is 0 Å². The number of guanidine groups is 1. The van der Waals surface area contributed by atoms with Crippen molar-refractivity contribution in [2.45, 2.75) is 18.4 Å². The van der Waals surface area contributed by atoms with Gasteiger partial charge in [-0.05, 0) is 48.9 Å². The number of sulfone groups is 1. The molecule has 0 amide bonds. The van der Waals surface area contributed by atoms with E-state index in [9.17, 15) is 12.8 Å². The second kappa shape index (κ2) is 11.6. The highest BCUT2D eigenvalue weighted by Crippen LogP contribution is 2.15. The molecule has 5 nitrogen and oxygen atoms in total. The van der Waals surface area contributed by atoms with Gasteiger partial charge in [0.15, 0.2) is 15.8 Å². The second-order valence-electron chi connectivity index (χ2n) is 5.52. The van der Waals surface area contributed by atoms with Gasteiger partial charge in [-0.3, -0.25) is 0 Å². The molecule has 0 heterocycles. The Bertz CT molecular complexity index is 861. The molecule has 148 valence electrons. The average molecular weight is 570 g/mol. The highest BCUT2D eigenvalue weighted by Gasteiger charge is 2.14. The minimum atomic E-state index is -3.38. The Kier molecular flexibility index (Phi) is 10.2. The third-order valence-electron chi connectivity index (χ3n) is 3.49. The predicted octanol–water partition coefficient (Wildman–Crippen LogP) is 3.74. The van der Waals surface area contributed by atoms with Crippen molar-refractivity contribution in [2.24, 2.45) is 4.99 Å². The molecule has 0 unspecified atom stereocenters. The molecule has 0 aliphatic carbocycles. The zero-order chi connectivity index (χ0) is 19.0. The van der Waals surface area contributed by atoms with Gasteiger partial charge in [-0.25, -0.2) is 17.8 Å². The van der Waals surface area contributed by atoms with Gasteiger partial charge in [-0.1, -0.05) is 28.1 Å². The lowest BCUT2D eigenvalue weighted by molar-refractivity contribution is 0.594. The van der Waals surface area contributed by atoms with E-state index >= 15 is 0 Å². The molecular formula is C18H22BrFIN3O2S. The molecule has 0 fully saturated rings. The van der Waals surface area contributed by atoms with Crippen molar-refractivity contribution in [3.05, 3.63) is 64.4 Å². The molecule has 0 aliphatic rings. The number of benzene rings is 2. The quantitative estimate of drug-likeness (QED) is 0.303. The van der Waals surface area contributed by atoms with Gasteiger partial charge in [-0.2, -0.15) is 0 Å². The summed E-state index contributed by atoms with van der Waals surface area (Å²) in [6.45, 7) is 3.06. The highest BCUT2D eigenvalue weighted by atomic mass is 127. The maximum atomic E-state index is 13.2. The fourth-order valence-electron chi connectivity index (χ4n) is 2.21. The summed E-state index contributed by atoms with van der Waals surface area (Å²) in [7, 11) is -3.38. The molecule has 0 saturated carbocycles. The molecule has 0 radical (unpaired) electrons. The zero-order valence-corrected chi connectivity index (χ0v) is 19.5. The van der Waals surface area contributed by atoms with E-state index in [1.807, 2.05) is 6.92 Å². The lowest BCUT2D eigenvalue weighted by Gasteiger charge is -2.12. The third kappa shape index (κ3) is 8.14. The number of halogens is 3. The van der Waals surface area contributed by atoms with Gasteiger partial charge in [0, 0.05) is 17.6 Å². The molecule has 2 aromatic rings. The number of hydrogen-bond acceptors (Lipinski definition) is 3. The Morgan fingerprint density at radius 2 is 1.85 bits per heavy atom. The molecule has 0 saturated heterocycles. The van der Waals surface area contributed by atoms with Crippen LogP contribution in [0.2, 0.25) is 0 Å². The molecule has 9 heteroatoms. The molecule has 2 aromatic carbocycles. The number of aliphatic imine (C=N–C) groups is 1. The summed E-state index contributed by atoms with van der Waals surface area (Å²) in [5.74, 6) is 0.123. The Hall–Kier alpha value is -1.20. The molecule has 0 atom stereocenters. The van der Waals surface area contributed by atoms with Gasteiger partial charge in [-0.15, -0.1) is 24.0 Å². The van der Waals surface area contributed by atoms with E-state index in [-0.39, 0.29) is 47.0 Å². The van der Waals surface area contributed by atoms with Crippen LogP contribution >= 0.6 is 39.9 Å². The van der Waals surface area contributed by atoms with E-state index in [1.54, 1.807) is 36.4 Å². The first-order valence-corrected chi connectivity index (χ1v) is 10.6. The molecule has 2 N–H and O–H groups in total. The van der Waals surface area contributed by atoms with Crippen LogP contribution in [0.3, 0.4) is 0 Å². The standard InChI is InChI=1S/C18H21BrFN3O2S.HI/c1-2-21-18(23-13-14-4-3-5-16(20)12-14)22-10-11-26(24,25)17-8-6-15(19)7-9-17;/h3-9,12H,2,10-11,13H2,1H3,(H2,21,22,23);1H. The zero-order valence-electron chi connectivity index (χ0n) is 14.8. The maximum absolute atomic E-state index is 13.2. The Labute approximate surface area is 184 Å². The normalized spacial score (nSPS) is 11.6. The molecular weight excluding hydrogens is 548 g/mol. The molecule has 0 aromatic heterocycles. The SMILES string of the molecule is CCNC(=NCc1cccc(F)c1)NCCS(=O)(=O)c1ccc(Br)cc1.I. The summed E-state index contributed by atoms with van der Waals surface area (Å²) in [6.07, 6.45) is 0. The first kappa shape index (κ1) is 23.8. The summed E-state index contributed by atoms with van der Waals surface area (Å²) in [5, 5.41) is 6.04. The number of nitrogens with zero attached hydrogens (tertiary/aromatic N) is 1. The fourth-order valence-corrected chi connectivity index (χ4v) is 3.63. The number of nitrogens with one attached hydrogen (secondary N) is 2. The van der Waals surface area contributed by atoms with Crippen LogP contribution in [0.1, 0.15) is 12.5 Å². The van der Waals surface area contributed by atoms with Crippen LogP contribution < -0.4 is 10.6 Å². The van der Waals surface area contributed by atoms with E-state index in [2.05, 4.69) is 31.6 Å². The molecule has 0 spiro atoms. The van der Waals surface area contributed by atoms with E-state index in [0.717, 1.165) is 10.0 Å². The van der Waals surface area contributed by atoms with Gasteiger partial charge in [0.1, 0.15) is 5.82 Å². The van der Waals surface area contributed by atoms with Crippen LogP contribution in [0.25, 0.3) is 0 Å². The lowest BCUT2D eigenvalue weighted by Crippen LogP contribution is -2.39. The summed E-state index contributed by atoms with van der Waals surface area (Å²) in [4.78, 5) is 4.64. The van der Waals surface area contributed by atoms with Crippen molar-refractivity contribution < 1.29 is 12.8 Å². The van der Waals surface area contributed by atoms with Gasteiger partial charge in [0.05, 0.1) is 17.2 Å². The van der Waals surface area contributed by atoms with E-state index < -0.39 is 9.84 Å². The van der Waals surface area contributed by atoms with Crippen molar-refractivity contribution in [2.75, 3.05) is 18.8 Å². The minimum absolute atomic E-state index is 0. The monoisotopic (exact) mass is 569 g/mol. The smallest absolute Gasteiger partial charge is 0.191 e. The van der Waals surface area contributed by atoms with Crippen LogP contribution in [-0.4, -0.2) is 33.2 Å². The summed E-state index contributed by atoms with van der Waals surface area (Å²) in [5.41, 5.74) is 0.740. The van der Waals surface area contributed by atoms with Crippen molar-refractivity contribution >= 4 is 55.7 Å². The topological polar surface area (TPSA) is 70.6 Å².